The lowest BCUT2D eigenvalue weighted by molar-refractivity contribution is -0.945. The summed E-state index contributed by atoms with van der Waals surface area (Å²) < 4.78 is 32.1. The second kappa shape index (κ2) is 15.8. The van der Waals surface area contributed by atoms with E-state index in [1.807, 2.05) is 6.92 Å². The van der Waals surface area contributed by atoms with E-state index in [1.54, 1.807) is 12.1 Å². The van der Waals surface area contributed by atoms with Crippen LogP contribution < -0.4 is 0 Å². The quantitative estimate of drug-likeness (QED) is 0.190. The van der Waals surface area contributed by atoms with E-state index >= 15 is 0 Å². The molecule has 0 saturated heterocycles. The van der Waals surface area contributed by atoms with Crippen molar-refractivity contribution in [2.75, 3.05) is 26.4 Å². The van der Waals surface area contributed by atoms with Crippen LogP contribution in [0.5, 0.6) is 0 Å². The Morgan fingerprint density at radius 3 is 1.69 bits per heavy atom. The molecule has 6 heteroatoms. The van der Waals surface area contributed by atoms with Gasteiger partial charge in [0.15, 0.2) is 6.73 Å². The lowest BCUT2D eigenvalue weighted by Crippen LogP contribution is -2.50. The van der Waals surface area contributed by atoms with Gasteiger partial charge in [-0.1, -0.05) is 64.2 Å². The first kappa shape index (κ1) is 28.1. The zero-order chi connectivity index (χ0) is 22.2. The highest BCUT2D eigenvalue weighted by Crippen LogP contribution is 2.15. The standard InChI is InChI=1S/C16H36NO.C7H8O3S/c1-4-7-10-12-15-17(16-18,13-9-6-3)14-11-8-5-2;1-6-2-4-7(5-3-6)11(8,9)10/h18H,4-16H2,1-3H3;2-5H,1H3,(H,8,9,10)/q+1;/p-1. The molecule has 0 heterocycles. The van der Waals surface area contributed by atoms with E-state index in [0.29, 0.717) is 6.73 Å². The number of aliphatic hydroxyl groups is 1. The average Bonchev–Trinajstić information content (AvgIpc) is 2.69. The maximum Gasteiger partial charge on any atom is 0.180 e. The minimum absolute atomic E-state index is 0.178. The molecule has 0 fully saturated rings. The van der Waals surface area contributed by atoms with Crippen molar-refractivity contribution in [3.8, 4) is 0 Å². The number of benzene rings is 1. The molecule has 1 atom stereocenters. The lowest BCUT2D eigenvalue weighted by atomic mass is 10.1. The van der Waals surface area contributed by atoms with E-state index in [1.165, 1.54) is 89.6 Å². The molecule has 5 nitrogen and oxygen atoms in total. The van der Waals surface area contributed by atoms with Crippen LogP contribution in [0.1, 0.15) is 84.1 Å². The Labute approximate surface area is 179 Å². The predicted octanol–water partition coefficient (Wildman–Crippen LogP) is 5.22. The van der Waals surface area contributed by atoms with Crippen LogP contribution in [0.15, 0.2) is 29.2 Å². The van der Waals surface area contributed by atoms with Gasteiger partial charge in [0.2, 0.25) is 0 Å². The van der Waals surface area contributed by atoms with Crippen molar-refractivity contribution in [1.82, 2.24) is 0 Å². The Morgan fingerprint density at radius 2 is 1.24 bits per heavy atom. The van der Waals surface area contributed by atoms with Crippen LogP contribution in [-0.4, -0.2) is 48.9 Å². The number of unbranched alkanes of at least 4 members (excludes halogenated alkanes) is 6. The van der Waals surface area contributed by atoms with E-state index in [-0.39, 0.29) is 4.90 Å². The van der Waals surface area contributed by atoms with Gasteiger partial charge in [-0.3, -0.25) is 0 Å². The van der Waals surface area contributed by atoms with Gasteiger partial charge in [0.05, 0.1) is 24.5 Å². The highest BCUT2D eigenvalue weighted by atomic mass is 32.2. The summed E-state index contributed by atoms with van der Waals surface area (Å²) in [6.45, 7) is 12.4. The maximum absolute atomic E-state index is 10.4. The summed E-state index contributed by atoms with van der Waals surface area (Å²) in [4.78, 5) is -0.178. The van der Waals surface area contributed by atoms with Gasteiger partial charge in [-0.15, -0.1) is 0 Å². The van der Waals surface area contributed by atoms with Crippen molar-refractivity contribution in [3.63, 3.8) is 0 Å². The fourth-order valence-corrected chi connectivity index (χ4v) is 3.79. The number of hydrogen-bond acceptors (Lipinski definition) is 4. The largest absolute Gasteiger partial charge is 0.744 e. The van der Waals surface area contributed by atoms with Crippen molar-refractivity contribution in [1.29, 1.82) is 0 Å². The van der Waals surface area contributed by atoms with Crippen LogP contribution in [0.25, 0.3) is 0 Å². The third-order valence-corrected chi connectivity index (χ3v) is 6.17. The van der Waals surface area contributed by atoms with Crippen LogP contribution in [-0.2, 0) is 10.1 Å². The van der Waals surface area contributed by atoms with Gasteiger partial charge in [0, 0.05) is 0 Å². The predicted molar refractivity (Wildman–Crippen MR) is 120 cm³/mol. The van der Waals surface area contributed by atoms with E-state index in [4.69, 9.17) is 0 Å². The number of hydrogen-bond donors (Lipinski definition) is 1. The molecule has 1 rings (SSSR count). The first-order valence-corrected chi connectivity index (χ1v) is 12.6. The molecule has 0 aromatic heterocycles. The topological polar surface area (TPSA) is 77.4 Å². The van der Waals surface area contributed by atoms with Gasteiger partial charge < -0.3 is 14.1 Å². The van der Waals surface area contributed by atoms with E-state index in [0.717, 1.165) is 10.0 Å². The minimum Gasteiger partial charge on any atom is -0.744 e. The van der Waals surface area contributed by atoms with Crippen molar-refractivity contribution >= 4 is 10.1 Å². The second-order valence-electron chi connectivity index (χ2n) is 8.04. The van der Waals surface area contributed by atoms with Crippen molar-refractivity contribution < 1.29 is 22.6 Å². The Hall–Kier alpha value is -0.950. The summed E-state index contributed by atoms with van der Waals surface area (Å²) >= 11 is 0. The SMILES string of the molecule is CCCCCC[N+](CO)(CCCC)CCCCC.Cc1ccc(S(=O)(=O)[O-])cc1. The zero-order valence-corrected chi connectivity index (χ0v) is 19.8. The normalized spacial score (nSPS) is 13.4. The summed E-state index contributed by atoms with van der Waals surface area (Å²) in [5.41, 5.74) is 0.928. The molecule has 0 spiro atoms. The maximum atomic E-state index is 10.4. The monoisotopic (exact) mass is 429 g/mol. The van der Waals surface area contributed by atoms with Gasteiger partial charge in [0.1, 0.15) is 10.1 Å². The molecule has 1 aromatic carbocycles. The minimum atomic E-state index is -4.27. The lowest BCUT2D eigenvalue weighted by Gasteiger charge is -2.37. The van der Waals surface area contributed by atoms with Crippen molar-refractivity contribution in [3.05, 3.63) is 29.8 Å². The summed E-state index contributed by atoms with van der Waals surface area (Å²) in [5, 5.41) is 9.83. The number of aryl methyl sites for hydroxylation is 1. The fraction of sp³-hybridized carbons (Fsp3) is 0.739. The summed E-state index contributed by atoms with van der Waals surface area (Å²) in [6.07, 6.45) is 11.6. The molecule has 0 radical (unpaired) electrons. The molecule has 0 amide bonds. The Morgan fingerprint density at radius 1 is 0.793 bits per heavy atom. The third kappa shape index (κ3) is 13.1. The Kier molecular flexibility index (Phi) is 15.3. The van der Waals surface area contributed by atoms with Crippen molar-refractivity contribution in [2.24, 2.45) is 0 Å². The second-order valence-corrected chi connectivity index (χ2v) is 9.42. The molecule has 1 unspecified atom stereocenters. The molecular formula is C23H43NO4S. The first-order valence-electron chi connectivity index (χ1n) is 11.2. The molecule has 0 aliphatic rings. The highest BCUT2D eigenvalue weighted by Gasteiger charge is 2.24. The zero-order valence-electron chi connectivity index (χ0n) is 19.0. The summed E-state index contributed by atoms with van der Waals surface area (Å²) in [6, 6.07) is 5.78. The fourth-order valence-electron chi connectivity index (χ4n) is 3.32. The van der Waals surface area contributed by atoms with Gasteiger partial charge in [-0.05, 0) is 51.2 Å². The van der Waals surface area contributed by atoms with Crippen LogP contribution in [0.3, 0.4) is 0 Å². The van der Waals surface area contributed by atoms with Gasteiger partial charge >= 0.3 is 0 Å². The smallest absolute Gasteiger partial charge is 0.180 e. The van der Waals surface area contributed by atoms with Gasteiger partial charge in [-0.2, -0.15) is 0 Å². The highest BCUT2D eigenvalue weighted by molar-refractivity contribution is 7.85. The molecule has 170 valence electrons. The Bertz CT molecular complexity index is 616. The van der Waals surface area contributed by atoms with Crippen LogP contribution in [0.4, 0.5) is 0 Å². The van der Waals surface area contributed by atoms with E-state index in [9.17, 15) is 18.1 Å². The number of nitrogens with zero attached hydrogens (tertiary/aromatic N) is 1. The molecule has 29 heavy (non-hydrogen) atoms. The van der Waals surface area contributed by atoms with Gasteiger partial charge in [0.25, 0.3) is 0 Å². The van der Waals surface area contributed by atoms with Crippen LogP contribution in [0.2, 0.25) is 0 Å². The molecule has 0 bridgehead atoms. The number of aliphatic hydroxyl groups excluding tert-OH is 1. The molecule has 0 saturated carbocycles. The molecule has 0 aliphatic carbocycles. The average molecular weight is 430 g/mol. The summed E-state index contributed by atoms with van der Waals surface area (Å²) in [7, 11) is -4.27. The van der Waals surface area contributed by atoms with Crippen molar-refractivity contribution in [2.45, 2.75) is 90.4 Å². The molecular weight excluding hydrogens is 386 g/mol. The molecule has 1 N–H and O–H groups in total. The van der Waals surface area contributed by atoms with Crippen LogP contribution in [0, 0.1) is 6.92 Å². The number of quaternary nitrogens is 1. The van der Waals surface area contributed by atoms with E-state index < -0.39 is 10.1 Å². The van der Waals surface area contributed by atoms with E-state index in [2.05, 4.69) is 20.8 Å². The molecule has 1 aromatic rings. The third-order valence-electron chi connectivity index (χ3n) is 5.32. The summed E-state index contributed by atoms with van der Waals surface area (Å²) in [5.74, 6) is 0. The Balaban J connectivity index is 0.000000604. The molecule has 0 aliphatic heterocycles. The van der Waals surface area contributed by atoms with Crippen LogP contribution >= 0.6 is 0 Å². The van der Waals surface area contributed by atoms with Gasteiger partial charge in [-0.25, -0.2) is 8.42 Å². The first-order chi connectivity index (χ1) is 13.7. The number of rotatable bonds is 14.